The van der Waals surface area contributed by atoms with E-state index in [-0.39, 0.29) is 0 Å². The summed E-state index contributed by atoms with van der Waals surface area (Å²) in [5, 5.41) is 7.06. The van der Waals surface area contributed by atoms with Gasteiger partial charge in [-0.05, 0) is 6.92 Å². The van der Waals surface area contributed by atoms with E-state index >= 15 is 0 Å². The maximum atomic E-state index is 4.32. The van der Waals surface area contributed by atoms with E-state index in [1.165, 1.54) is 17.3 Å². The summed E-state index contributed by atoms with van der Waals surface area (Å²) in [6.45, 7) is 2.65. The molecule has 0 saturated carbocycles. The van der Waals surface area contributed by atoms with Crippen LogP contribution >= 0.6 is 0 Å². The molecule has 3 aromatic rings. The average Bonchev–Trinajstić information content (AvgIpc) is 3.02. The molecule has 0 bridgehead atoms. The molecule has 0 aliphatic heterocycles. The monoisotopic (exact) mass is 269 g/mol. The van der Waals surface area contributed by atoms with Gasteiger partial charge in [0.25, 0.3) is 5.95 Å². The highest BCUT2D eigenvalue weighted by atomic mass is 15.4. The lowest BCUT2D eigenvalue weighted by Crippen LogP contribution is -2.10. The molecule has 0 amide bonds. The topological polar surface area (TPSA) is 107 Å². The van der Waals surface area contributed by atoms with Crippen LogP contribution in [0, 0.1) is 0 Å². The minimum Gasteiger partial charge on any atom is -0.354 e. The predicted octanol–water partition coefficient (Wildman–Crippen LogP) is 0.341. The SMILES string of the molecule is CCNc1nc(-c2cnccn2)nc(-n2cncn2)n1. The Balaban J connectivity index is 2.10. The van der Waals surface area contributed by atoms with Crippen LogP contribution in [0.25, 0.3) is 17.5 Å². The van der Waals surface area contributed by atoms with Gasteiger partial charge in [-0.15, -0.1) is 0 Å². The Labute approximate surface area is 114 Å². The molecule has 3 heterocycles. The predicted molar refractivity (Wildman–Crippen MR) is 69.9 cm³/mol. The van der Waals surface area contributed by atoms with Gasteiger partial charge in [0.2, 0.25) is 5.95 Å². The first kappa shape index (κ1) is 12.1. The second-order valence-corrected chi connectivity index (χ2v) is 3.74. The second-order valence-electron chi connectivity index (χ2n) is 3.74. The summed E-state index contributed by atoms with van der Waals surface area (Å²) in [6, 6.07) is 0. The Kier molecular flexibility index (Phi) is 3.23. The maximum Gasteiger partial charge on any atom is 0.257 e. The molecule has 0 atom stereocenters. The molecule has 0 saturated heterocycles. The number of anilines is 1. The zero-order chi connectivity index (χ0) is 13.8. The van der Waals surface area contributed by atoms with Crippen LogP contribution in [0.3, 0.4) is 0 Å². The summed E-state index contributed by atoms with van der Waals surface area (Å²) in [5.74, 6) is 1.25. The number of nitrogens with one attached hydrogen (secondary N) is 1. The zero-order valence-corrected chi connectivity index (χ0v) is 10.7. The van der Waals surface area contributed by atoms with Crippen LogP contribution < -0.4 is 5.32 Å². The van der Waals surface area contributed by atoms with Crippen LogP contribution in [0.4, 0.5) is 5.95 Å². The van der Waals surface area contributed by atoms with Crippen molar-refractivity contribution in [3.63, 3.8) is 0 Å². The molecular weight excluding hydrogens is 258 g/mol. The van der Waals surface area contributed by atoms with Gasteiger partial charge >= 0.3 is 0 Å². The highest BCUT2D eigenvalue weighted by Gasteiger charge is 2.11. The molecule has 0 aromatic carbocycles. The molecule has 3 aromatic heterocycles. The highest BCUT2D eigenvalue weighted by molar-refractivity contribution is 5.50. The van der Waals surface area contributed by atoms with Crippen LogP contribution in [0.2, 0.25) is 0 Å². The maximum absolute atomic E-state index is 4.32. The number of rotatable bonds is 4. The number of hydrogen-bond donors (Lipinski definition) is 1. The molecule has 20 heavy (non-hydrogen) atoms. The molecule has 0 aliphatic carbocycles. The van der Waals surface area contributed by atoms with Gasteiger partial charge in [0.05, 0.1) is 6.20 Å². The molecule has 0 aliphatic rings. The quantitative estimate of drug-likeness (QED) is 0.722. The highest BCUT2D eigenvalue weighted by Crippen LogP contribution is 2.13. The Morgan fingerprint density at radius 1 is 1.15 bits per heavy atom. The van der Waals surface area contributed by atoms with Crippen molar-refractivity contribution in [2.24, 2.45) is 0 Å². The van der Waals surface area contributed by atoms with E-state index in [1.807, 2.05) is 6.92 Å². The van der Waals surface area contributed by atoms with E-state index in [9.17, 15) is 0 Å². The fourth-order valence-corrected chi connectivity index (χ4v) is 1.54. The summed E-state index contributed by atoms with van der Waals surface area (Å²) in [6.07, 6.45) is 7.70. The van der Waals surface area contributed by atoms with Gasteiger partial charge in [-0.25, -0.2) is 9.97 Å². The first-order chi connectivity index (χ1) is 9.86. The number of aromatic nitrogens is 8. The molecule has 9 heteroatoms. The molecular formula is C11H11N9. The smallest absolute Gasteiger partial charge is 0.257 e. The van der Waals surface area contributed by atoms with Gasteiger partial charge in [0.15, 0.2) is 5.82 Å². The Morgan fingerprint density at radius 2 is 2.10 bits per heavy atom. The van der Waals surface area contributed by atoms with Crippen molar-refractivity contribution in [2.45, 2.75) is 6.92 Å². The van der Waals surface area contributed by atoms with Crippen molar-refractivity contribution >= 4 is 5.95 Å². The lowest BCUT2D eigenvalue weighted by atomic mass is 10.4. The van der Waals surface area contributed by atoms with Gasteiger partial charge < -0.3 is 5.32 Å². The Morgan fingerprint density at radius 3 is 2.80 bits per heavy atom. The standard InChI is InChI=1S/C11H11N9/c1-2-14-10-17-9(8-5-12-3-4-15-8)18-11(19-10)20-7-13-6-16-20/h3-7H,2H2,1H3,(H,14,17,18,19). The van der Waals surface area contributed by atoms with Crippen LogP contribution in [0.15, 0.2) is 31.2 Å². The van der Waals surface area contributed by atoms with Crippen molar-refractivity contribution in [3.05, 3.63) is 31.2 Å². The van der Waals surface area contributed by atoms with Crippen LogP contribution in [-0.4, -0.2) is 46.2 Å². The minimum atomic E-state index is 0.370. The Hall–Kier alpha value is -2.97. The molecule has 3 rings (SSSR count). The molecule has 0 spiro atoms. The van der Waals surface area contributed by atoms with E-state index in [0.29, 0.717) is 30.0 Å². The first-order valence-electron chi connectivity index (χ1n) is 5.98. The van der Waals surface area contributed by atoms with Crippen LogP contribution in [-0.2, 0) is 0 Å². The average molecular weight is 269 g/mol. The fraction of sp³-hybridized carbons (Fsp3) is 0.182. The number of hydrogen-bond acceptors (Lipinski definition) is 8. The van der Waals surface area contributed by atoms with Crippen molar-refractivity contribution in [3.8, 4) is 17.5 Å². The summed E-state index contributed by atoms with van der Waals surface area (Å²) in [5.41, 5.74) is 0.565. The van der Waals surface area contributed by atoms with Crippen molar-refractivity contribution in [1.29, 1.82) is 0 Å². The lowest BCUT2D eigenvalue weighted by molar-refractivity contribution is 0.795. The number of nitrogens with zero attached hydrogens (tertiary/aromatic N) is 8. The van der Waals surface area contributed by atoms with Gasteiger partial charge in [0.1, 0.15) is 18.3 Å². The van der Waals surface area contributed by atoms with Gasteiger partial charge in [0, 0.05) is 18.9 Å². The zero-order valence-electron chi connectivity index (χ0n) is 10.7. The summed E-state index contributed by atoms with van der Waals surface area (Å²) in [4.78, 5) is 25.0. The van der Waals surface area contributed by atoms with E-state index in [4.69, 9.17) is 0 Å². The van der Waals surface area contributed by atoms with Gasteiger partial charge in [-0.1, -0.05) is 0 Å². The third kappa shape index (κ3) is 2.41. The second kappa shape index (κ2) is 5.34. The normalized spacial score (nSPS) is 10.4. The van der Waals surface area contributed by atoms with E-state index < -0.39 is 0 Å². The van der Waals surface area contributed by atoms with Gasteiger partial charge in [-0.2, -0.15) is 24.7 Å². The lowest BCUT2D eigenvalue weighted by Gasteiger charge is -2.06. The molecule has 9 nitrogen and oxygen atoms in total. The van der Waals surface area contributed by atoms with Crippen molar-refractivity contribution in [2.75, 3.05) is 11.9 Å². The Bertz CT molecular complexity index is 680. The third-order valence-corrected chi connectivity index (χ3v) is 2.37. The molecule has 0 unspecified atom stereocenters. The summed E-state index contributed by atoms with van der Waals surface area (Å²) >= 11 is 0. The van der Waals surface area contributed by atoms with Crippen molar-refractivity contribution < 1.29 is 0 Å². The summed E-state index contributed by atoms with van der Waals surface area (Å²) < 4.78 is 1.46. The summed E-state index contributed by atoms with van der Waals surface area (Å²) in [7, 11) is 0. The molecule has 100 valence electrons. The van der Waals surface area contributed by atoms with E-state index in [2.05, 4.69) is 40.3 Å². The largest absolute Gasteiger partial charge is 0.354 e. The molecule has 0 fully saturated rings. The fourth-order valence-electron chi connectivity index (χ4n) is 1.54. The molecule has 0 radical (unpaired) electrons. The minimum absolute atomic E-state index is 0.370. The van der Waals surface area contributed by atoms with Crippen LogP contribution in [0.1, 0.15) is 6.92 Å². The third-order valence-electron chi connectivity index (χ3n) is 2.37. The molecule has 1 N–H and O–H groups in total. The van der Waals surface area contributed by atoms with E-state index in [0.717, 1.165) is 0 Å². The van der Waals surface area contributed by atoms with Crippen LogP contribution in [0.5, 0.6) is 0 Å². The van der Waals surface area contributed by atoms with Crippen molar-refractivity contribution in [1.82, 2.24) is 39.7 Å². The van der Waals surface area contributed by atoms with Gasteiger partial charge in [-0.3, -0.25) is 4.98 Å². The van der Waals surface area contributed by atoms with E-state index in [1.54, 1.807) is 18.6 Å². The first-order valence-corrected chi connectivity index (χ1v) is 5.98.